The molecule has 3 heterocycles. The maximum atomic E-state index is 13.2. The van der Waals surface area contributed by atoms with Crippen LogP contribution in [0.4, 0.5) is 0 Å². The fourth-order valence-corrected chi connectivity index (χ4v) is 4.34. The first-order chi connectivity index (χ1) is 10.6. The minimum Gasteiger partial charge on any atom is -0.393 e. The van der Waals surface area contributed by atoms with Gasteiger partial charge in [-0.1, -0.05) is 18.2 Å². The average molecular weight is 298 g/mol. The SMILES string of the molecule is Cn1cc(C(=O)N2[C@@H]3CCC[C@H]2CC(O)C3)c2ccccc21. The number of hydrogen-bond donors (Lipinski definition) is 1. The number of carbonyl (C=O) groups is 1. The molecule has 4 heteroatoms. The van der Waals surface area contributed by atoms with E-state index in [2.05, 4.69) is 4.90 Å². The molecule has 2 aliphatic heterocycles. The molecule has 0 aliphatic carbocycles. The van der Waals surface area contributed by atoms with Crippen molar-refractivity contribution in [2.75, 3.05) is 0 Å². The number of nitrogens with zero attached hydrogens (tertiary/aromatic N) is 2. The number of benzene rings is 1. The van der Waals surface area contributed by atoms with E-state index < -0.39 is 0 Å². The molecule has 1 amide bonds. The second kappa shape index (κ2) is 5.13. The van der Waals surface area contributed by atoms with Crippen LogP contribution >= 0.6 is 0 Å². The summed E-state index contributed by atoms with van der Waals surface area (Å²) in [6.07, 6.45) is 6.37. The standard InChI is InChI=1S/C18H22N2O2/c1-19-11-16(15-7-2-3-8-17(15)19)18(22)20-12-5-4-6-13(20)10-14(21)9-12/h2-3,7-8,11-14,21H,4-6,9-10H2,1H3/t12-,13+,14?. The number of aliphatic hydroxyl groups excluding tert-OH is 1. The Bertz CT molecular complexity index is 707. The number of amides is 1. The summed E-state index contributed by atoms with van der Waals surface area (Å²) in [4.78, 5) is 15.2. The smallest absolute Gasteiger partial charge is 0.256 e. The van der Waals surface area contributed by atoms with Gasteiger partial charge in [-0.2, -0.15) is 0 Å². The molecule has 1 aromatic heterocycles. The van der Waals surface area contributed by atoms with Gasteiger partial charge in [-0.05, 0) is 38.2 Å². The number of para-hydroxylation sites is 1. The van der Waals surface area contributed by atoms with Crippen molar-refractivity contribution in [1.29, 1.82) is 0 Å². The summed E-state index contributed by atoms with van der Waals surface area (Å²) < 4.78 is 2.02. The molecule has 2 bridgehead atoms. The van der Waals surface area contributed by atoms with Crippen molar-refractivity contribution in [2.24, 2.45) is 7.05 Å². The van der Waals surface area contributed by atoms with Gasteiger partial charge < -0.3 is 14.6 Å². The number of aryl methyl sites for hydroxylation is 1. The van der Waals surface area contributed by atoms with E-state index in [0.717, 1.165) is 42.1 Å². The highest BCUT2D eigenvalue weighted by molar-refractivity contribution is 6.07. The van der Waals surface area contributed by atoms with Crippen molar-refractivity contribution in [1.82, 2.24) is 9.47 Å². The third-order valence-electron chi connectivity index (χ3n) is 5.31. The zero-order valence-corrected chi connectivity index (χ0v) is 12.9. The fourth-order valence-electron chi connectivity index (χ4n) is 4.34. The van der Waals surface area contributed by atoms with E-state index in [9.17, 15) is 9.90 Å². The molecule has 0 spiro atoms. The molecule has 116 valence electrons. The van der Waals surface area contributed by atoms with Crippen molar-refractivity contribution >= 4 is 16.8 Å². The molecule has 22 heavy (non-hydrogen) atoms. The van der Waals surface area contributed by atoms with Gasteiger partial charge in [0.2, 0.25) is 0 Å². The first-order valence-corrected chi connectivity index (χ1v) is 8.20. The normalized spacial score (nSPS) is 28.1. The van der Waals surface area contributed by atoms with Crippen LogP contribution in [0.5, 0.6) is 0 Å². The monoisotopic (exact) mass is 298 g/mol. The third-order valence-corrected chi connectivity index (χ3v) is 5.31. The minimum atomic E-state index is -0.244. The van der Waals surface area contributed by atoms with Crippen LogP contribution in [0, 0.1) is 0 Å². The molecule has 2 saturated heterocycles. The number of hydrogen-bond acceptors (Lipinski definition) is 2. The number of aromatic nitrogens is 1. The third kappa shape index (κ3) is 2.05. The number of rotatable bonds is 1. The second-order valence-corrected chi connectivity index (χ2v) is 6.75. The van der Waals surface area contributed by atoms with Gasteiger partial charge in [-0.25, -0.2) is 0 Å². The lowest BCUT2D eigenvalue weighted by atomic mass is 9.82. The Labute approximate surface area is 130 Å². The summed E-state index contributed by atoms with van der Waals surface area (Å²) in [7, 11) is 1.99. The molecule has 0 radical (unpaired) electrons. The molecule has 3 atom stereocenters. The van der Waals surface area contributed by atoms with Crippen molar-refractivity contribution in [3.8, 4) is 0 Å². The van der Waals surface area contributed by atoms with Gasteiger partial charge in [0.15, 0.2) is 0 Å². The van der Waals surface area contributed by atoms with Crippen LogP contribution in [0.2, 0.25) is 0 Å². The summed E-state index contributed by atoms with van der Waals surface area (Å²) >= 11 is 0. The van der Waals surface area contributed by atoms with Crippen LogP contribution in [-0.4, -0.2) is 38.7 Å². The Kier molecular flexibility index (Phi) is 3.22. The lowest BCUT2D eigenvalue weighted by Gasteiger charge is -2.47. The van der Waals surface area contributed by atoms with E-state index in [1.54, 1.807) is 0 Å². The highest BCUT2D eigenvalue weighted by Crippen LogP contribution is 2.36. The van der Waals surface area contributed by atoms with Gasteiger partial charge in [0.1, 0.15) is 0 Å². The van der Waals surface area contributed by atoms with Crippen LogP contribution < -0.4 is 0 Å². The van der Waals surface area contributed by atoms with Gasteiger partial charge in [0.05, 0.1) is 11.7 Å². The lowest BCUT2D eigenvalue weighted by molar-refractivity contribution is -0.0149. The topological polar surface area (TPSA) is 45.5 Å². The molecule has 2 fully saturated rings. The Morgan fingerprint density at radius 1 is 1.18 bits per heavy atom. The van der Waals surface area contributed by atoms with Gasteiger partial charge in [0.25, 0.3) is 5.91 Å². The number of aliphatic hydroxyl groups is 1. The molecule has 2 aromatic rings. The molecule has 4 nitrogen and oxygen atoms in total. The quantitative estimate of drug-likeness (QED) is 0.880. The van der Waals surface area contributed by atoms with Crippen LogP contribution in [0.1, 0.15) is 42.5 Å². The largest absolute Gasteiger partial charge is 0.393 e. The van der Waals surface area contributed by atoms with E-state index >= 15 is 0 Å². The molecule has 4 rings (SSSR count). The van der Waals surface area contributed by atoms with Crippen LogP contribution in [-0.2, 0) is 7.05 Å². The molecule has 2 aliphatic rings. The van der Waals surface area contributed by atoms with E-state index in [0.29, 0.717) is 0 Å². The molecule has 0 saturated carbocycles. The summed E-state index contributed by atoms with van der Waals surface area (Å²) in [5.41, 5.74) is 1.89. The van der Waals surface area contributed by atoms with Gasteiger partial charge in [-0.15, -0.1) is 0 Å². The van der Waals surface area contributed by atoms with E-state index in [4.69, 9.17) is 0 Å². The molecular weight excluding hydrogens is 276 g/mol. The second-order valence-electron chi connectivity index (χ2n) is 6.75. The number of carbonyl (C=O) groups excluding carboxylic acids is 1. The Morgan fingerprint density at radius 2 is 1.86 bits per heavy atom. The van der Waals surface area contributed by atoms with Gasteiger partial charge >= 0.3 is 0 Å². The Morgan fingerprint density at radius 3 is 2.59 bits per heavy atom. The number of piperidine rings is 2. The molecular formula is C18H22N2O2. The van der Waals surface area contributed by atoms with Crippen molar-refractivity contribution in [3.63, 3.8) is 0 Å². The Balaban J connectivity index is 1.74. The van der Waals surface area contributed by atoms with Crippen LogP contribution in [0.3, 0.4) is 0 Å². The highest BCUT2D eigenvalue weighted by atomic mass is 16.3. The summed E-state index contributed by atoms with van der Waals surface area (Å²) in [6.45, 7) is 0. The fraction of sp³-hybridized carbons (Fsp3) is 0.500. The van der Waals surface area contributed by atoms with Gasteiger partial charge in [0, 0.05) is 36.2 Å². The predicted octanol–water partition coefficient (Wildman–Crippen LogP) is 2.70. The minimum absolute atomic E-state index is 0.137. The van der Waals surface area contributed by atoms with Crippen LogP contribution in [0.25, 0.3) is 10.9 Å². The van der Waals surface area contributed by atoms with E-state index in [1.165, 1.54) is 6.42 Å². The van der Waals surface area contributed by atoms with Crippen LogP contribution in [0.15, 0.2) is 30.5 Å². The maximum absolute atomic E-state index is 13.2. The lowest BCUT2D eigenvalue weighted by Crippen LogP contribution is -2.55. The summed E-state index contributed by atoms with van der Waals surface area (Å²) in [5, 5.41) is 11.0. The first kappa shape index (κ1) is 13.8. The zero-order valence-electron chi connectivity index (χ0n) is 12.9. The summed E-state index contributed by atoms with van der Waals surface area (Å²) in [5.74, 6) is 0.137. The predicted molar refractivity (Wildman–Crippen MR) is 85.8 cm³/mol. The van der Waals surface area contributed by atoms with Crippen molar-refractivity contribution in [3.05, 3.63) is 36.0 Å². The average Bonchev–Trinajstić information content (AvgIpc) is 2.83. The molecule has 1 aromatic carbocycles. The maximum Gasteiger partial charge on any atom is 0.256 e. The molecule has 1 unspecified atom stereocenters. The molecule has 1 N–H and O–H groups in total. The number of fused-ring (bicyclic) bond motifs is 3. The van der Waals surface area contributed by atoms with Crippen molar-refractivity contribution < 1.29 is 9.90 Å². The van der Waals surface area contributed by atoms with E-state index in [-0.39, 0.29) is 24.1 Å². The Hall–Kier alpha value is -1.81. The zero-order chi connectivity index (χ0) is 15.3. The summed E-state index contributed by atoms with van der Waals surface area (Å²) in [6, 6.07) is 8.47. The highest BCUT2D eigenvalue weighted by Gasteiger charge is 2.41. The van der Waals surface area contributed by atoms with Gasteiger partial charge in [-0.3, -0.25) is 4.79 Å². The van der Waals surface area contributed by atoms with Crippen molar-refractivity contribution in [2.45, 2.75) is 50.3 Å². The first-order valence-electron chi connectivity index (χ1n) is 8.20. The van der Waals surface area contributed by atoms with E-state index in [1.807, 2.05) is 42.1 Å².